The molecule has 136 valence electrons. The van der Waals surface area contributed by atoms with Gasteiger partial charge in [0.15, 0.2) is 5.16 Å². The van der Waals surface area contributed by atoms with Crippen molar-refractivity contribution in [2.24, 2.45) is 0 Å². The summed E-state index contributed by atoms with van der Waals surface area (Å²) in [4.78, 5) is 0. The van der Waals surface area contributed by atoms with Gasteiger partial charge >= 0.3 is 0 Å². The first-order chi connectivity index (χ1) is 12.7. The summed E-state index contributed by atoms with van der Waals surface area (Å²) in [6.07, 6.45) is 4.07. The monoisotopic (exact) mass is 453 g/mol. The average molecular weight is 455 g/mol. The number of benzene rings is 1. The molecule has 0 N–H and O–H groups in total. The van der Waals surface area contributed by atoms with Crippen LogP contribution in [0.2, 0.25) is 5.02 Å². The fraction of sp³-hybridized carbons (Fsp3) is 0.333. The number of halogens is 2. The van der Waals surface area contributed by atoms with Crippen LogP contribution in [0.3, 0.4) is 0 Å². The van der Waals surface area contributed by atoms with E-state index in [1.165, 1.54) is 12.8 Å². The van der Waals surface area contributed by atoms with Crippen molar-refractivity contribution < 1.29 is 9.15 Å². The van der Waals surface area contributed by atoms with Crippen LogP contribution in [0.4, 0.5) is 0 Å². The van der Waals surface area contributed by atoms with E-state index >= 15 is 0 Å². The quantitative estimate of drug-likeness (QED) is 0.338. The first-order valence-corrected chi connectivity index (χ1v) is 10.5. The van der Waals surface area contributed by atoms with Crippen LogP contribution in [-0.4, -0.2) is 27.1 Å². The van der Waals surface area contributed by atoms with E-state index in [0.29, 0.717) is 24.1 Å². The molecule has 0 unspecified atom stereocenters. The summed E-state index contributed by atoms with van der Waals surface area (Å²) in [6.45, 7) is 1.23. The predicted molar refractivity (Wildman–Crippen MR) is 105 cm³/mol. The van der Waals surface area contributed by atoms with Crippen LogP contribution < -0.4 is 4.74 Å². The zero-order valence-electron chi connectivity index (χ0n) is 13.9. The second-order valence-corrected chi connectivity index (χ2v) is 8.41. The van der Waals surface area contributed by atoms with Gasteiger partial charge in [-0.15, -0.1) is 10.2 Å². The van der Waals surface area contributed by atoms with Crippen LogP contribution in [-0.2, 0) is 6.54 Å². The lowest BCUT2D eigenvalue weighted by atomic mass is 10.3. The van der Waals surface area contributed by atoms with Crippen molar-refractivity contribution >= 4 is 39.3 Å². The third kappa shape index (κ3) is 4.27. The highest BCUT2D eigenvalue weighted by atomic mass is 79.9. The highest BCUT2D eigenvalue weighted by Gasteiger charge is 2.30. The number of rotatable bonds is 8. The van der Waals surface area contributed by atoms with Crippen molar-refractivity contribution in [1.29, 1.82) is 0 Å². The van der Waals surface area contributed by atoms with Gasteiger partial charge < -0.3 is 9.15 Å². The Labute approximate surface area is 169 Å². The van der Waals surface area contributed by atoms with Gasteiger partial charge in [-0.25, -0.2) is 0 Å². The standard InChI is InChI=1S/C18H17BrClN3O2S/c19-15-10-13(20)5-6-16(15)25-8-9-26-18-22-21-17(12-3-4-12)23(18)11-14-2-1-7-24-14/h1-2,5-7,10,12H,3-4,8-9,11H2. The van der Waals surface area contributed by atoms with Crippen molar-refractivity contribution in [3.05, 3.63) is 57.7 Å². The molecular weight excluding hydrogens is 438 g/mol. The Kier molecular flexibility index (Phi) is 5.57. The Balaban J connectivity index is 1.38. The Morgan fingerprint density at radius 3 is 2.92 bits per heavy atom. The Bertz CT molecular complexity index is 881. The molecule has 0 radical (unpaired) electrons. The highest BCUT2D eigenvalue weighted by molar-refractivity contribution is 9.10. The van der Waals surface area contributed by atoms with Gasteiger partial charge in [0, 0.05) is 16.7 Å². The molecule has 0 bridgehead atoms. The number of hydrogen-bond acceptors (Lipinski definition) is 5. The normalized spacial score (nSPS) is 13.9. The van der Waals surface area contributed by atoms with Crippen LogP contribution in [0.5, 0.6) is 5.75 Å². The van der Waals surface area contributed by atoms with E-state index in [1.54, 1.807) is 18.0 Å². The molecule has 26 heavy (non-hydrogen) atoms. The smallest absolute Gasteiger partial charge is 0.191 e. The molecule has 1 saturated carbocycles. The lowest BCUT2D eigenvalue weighted by molar-refractivity contribution is 0.341. The summed E-state index contributed by atoms with van der Waals surface area (Å²) < 4.78 is 14.3. The van der Waals surface area contributed by atoms with Gasteiger partial charge in [-0.05, 0) is 59.1 Å². The number of nitrogens with zero attached hydrogens (tertiary/aromatic N) is 3. The van der Waals surface area contributed by atoms with Gasteiger partial charge in [0.1, 0.15) is 17.3 Å². The van der Waals surface area contributed by atoms with Crippen molar-refractivity contribution in [2.75, 3.05) is 12.4 Å². The highest BCUT2D eigenvalue weighted by Crippen LogP contribution is 2.40. The maximum absolute atomic E-state index is 5.95. The van der Waals surface area contributed by atoms with Crippen molar-refractivity contribution in [2.45, 2.75) is 30.5 Å². The van der Waals surface area contributed by atoms with Crippen LogP contribution in [0, 0.1) is 0 Å². The summed E-state index contributed by atoms with van der Waals surface area (Å²) in [7, 11) is 0. The molecule has 3 aromatic rings. The zero-order valence-corrected chi connectivity index (χ0v) is 17.1. The number of furan rings is 1. The van der Waals surface area contributed by atoms with E-state index in [2.05, 4.69) is 30.7 Å². The molecule has 0 aliphatic heterocycles. The SMILES string of the molecule is Clc1ccc(OCCSc2nnc(C3CC3)n2Cc2ccco2)c(Br)c1. The second-order valence-electron chi connectivity index (χ2n) is 6.05. The Morgan fingerprint density at radius 1 is 1.31 bits per heavy atom. The molecule has 1 aromatic carbocycles. The molecule has 1 aliphatic carbocycles. The zero-order chi connectivity index (χ0) is 17.9. The molecule has 5 nitrogen and oxygen atoms in total. The van der Waals surface area contributed by atoms with Gasteiger partial charge in [0.25, 0.3) is 0 Å². The van der Waals surface area contributed by atoms with E-state index < -0.39 is 0 Å². The van der Waals surface area contributed by atoms with Crippen LogP contribution in [0.15, 0.2) is 50.6 Å². The van der Waals surface area contributed by atoms with Crippen LogP contribution in [0.25, 0.3) is 0 Å². The minimum atomic E-state index is 0.535. The maximum atomic E-state index is 5.95. The second kappa shape index (κ2) is 8.06. The topological polar surface area (TPSA) is 53.1 Å². The fourth-order valence-electron chi connectivity index (χ4n) is 2.63. The van der Waals surface area contributed by atoms with E-state index in [9.17, 15) is 0 Å². The molecule has 0 spiro atoms. The number of ether oxygens (including phenoxy) is 1. The Hall–Kier alpha value is -1.44. The summed E-state index contributed by atoms with van der Waals surface area (Å²) in [5, 5.41) is 10.4. The van der Waals surface area contributed by atoms with Crippen LogP contribution >= 0.6 is 39.3 Å². The van der Waals surface area contributed by atoms with E-state index in [4.69, 9.17) is 20.8 Å². The van der Waals surface area contributed by atoms with Gasteiger partial charge in [0.2, 0.25) is 0 Å². The molecule has 0 atom stereocenters. The van der Waals surface area contributed by atoms with Gasteiger partial charge in [-0.3, -0.25) is 4.57 Å². The minimum absolute atomic E-state index is 0.535. The number of aromatic nitrogens is 3. The largest absolute Gasteiger partial charge is 0.492 e. The van der Waals surface area contributed by atoms with Crippen molar-refractivity contribution in [3.63, 3.8) is 0 Å². The van der Waals surface area contributed by atoms with E-state index in [-0.39, 0.29) is 0 Å². The number of thioether (sulfide) groups is 1. The lowest BCUT2D eigenvalue weighted by Gasteiger charge is -2.10. The minimum Gasteiger partial charge on any atom is -0.492 e. The Morgan fingerprint density at radius 2 is 2.19 bits per heavy atom. The fourth-order valence-corrected chi connectivity index (χ4v) is 4.19. The summed E-state index contributed by atoms with van der Waals surface area (Å²) in [5.41, 5.74) is 0. The average Bonchev–Trinajstić information content (AvgIpc) is 3.19. The predicted octanol–water partition coefficient (Wildman–Crippen LogP) is 5.38. The molecule has 2 aromatic heterocycles. The van der Waals surface area contributed by atoms with Gasteiger partial charge in [0.05, 0.1) is 23.9 Å². The molecule has 0 amide bonds. The lowest BCUT2D eigenvalue weighted by Crippen LogP contribution is -2.07. The molecular formula is C18H17BrClN3O2S. The van der Waals surface area contributed by atoms with Gasteiger partial charge in [-0.1, -0.05) is 23.4 Å². The van der Waals surface area contributed by atoms with Gasteiger partial charge in [-0.2, -0.15) is 0 Å². The molecule has 4 rings (SSSR count). The van der Waals surface area contributed by atoms with Crippen molar-refractivity contribution in [3.8, 4) is 5.75 Å². The molecule has 2 heterocycles. The van der Waals surface area contributed by atoms with E-state index in [1.807, 2.05) is 30.3 Å². The maximum Gasteiger partial charge on any atom is 0.191 e. The molecule has 1 aliphatic rings. The van der Waals surface area contributed by atoms with Crippen LogP contribution in [0.1, 0.15) is 30.3 Å². The summed E-state index contributed by atoms with van der Waals surface area (Å²) in [6, 6.07) is 9.39. The summed E-state index contributed by atoms with van der Waals surface area (Å²) >= 11 is 11.1. The molecule has 8 heteroatoms. The van der Waals surface area contributed by atoms with Crippen molar-refractivity contribution in [1.82, 2.24) is 14.8 Å². The third-order valence-electron chi connectivity index (χ3n) is 4.05. The number of hydrogen-bond donors (Lipinski definition) is 0. The first kappa shape index (κ1) is 17.9. The summed E-state index contributed by atoms with van der Waals surface area (Å²) in [5.74, 6) is 4.06. The van der Waals surface area contributed by atoms with E-state index in [0.717, 1.165) is 32.7 Å². The third-order valence-corrected chi connectivity index (χ3v) is 5.83. The molecule has 0 saturated heterocycles. The first-order valence-electron chi connectivity index (χ1n) is 8.37. The molecule has 1 fully saturated rings.